The maximum absolute atomic E-state index is 14.2. The van der Waals surface area contributed by atoms with E-state index in [2.05, 4.69) is 10.3 Å². The Balaban J connectivity index is 0.00000210. The summed E-state index contributed by atoms with van der Waals surface area (Å²) in [5, 5.41) is 3.33. The van der Waals surface area contributed by atoms with Gasteiger partial charge in [0, 0.05) is 23.5 Å². The van der Waals surface area contributed by atoms with Gasteiger partial charge in [-0.1, -0.05) is 24.3 Å². The van der Waals surface area contributed by atoms with Crippen molar-refractivity contribution in [3.8, 4) is 11.1 Å². The Labute approximate surface area is 180 Å². The van der Waals surface area contributed by atoms with Crippen LogP contribution in [-0.4, -0.2) is 30.0 Å². The molecule has 5 nitrogen and oxygen atoms in total. The molecule has 0 aliphatic carbocycles. The molecule has 0 saturated carbocycles. The fourth-order valence-corrected chi connectivity index (χ4v) is 3.06. The molecule has 3 rings (SSSR count). The Kier molecular flexibility index (Phi) is 9.52. The fraction of sp³-hybridized carbons (Fsp3) is 0.250. The standard InChI is InChI=1S/C20H22F2N4O.2ClH/c21-13-8-6-12(7-9-13)17-15-4-1-5-16(22)18(15)26-19(17)20(27)25-11-14(24)3-2-10-23;;/h1,4-9,14,26H,2-3,10-11,23-24H2,(H,25,27);2*1H. The van der Waals surface area contributed by atoms with Gasteiger partial charge < -0.3 is 21.8 Å². The third-order valence-electron chi connectivity index (χ3n) is 4.45. The molecule has 1 unspecified atom stereocenters. The molecule has 158 valence electrons. The van der Waals surface area contributed by atoms with Gasteiger partial charge in [-0.15, -0.1) is 24.8 Å². The highest BCUT2D eigenvalue weighted by molar-refractivity contribution is 6.09. The van der Waals surface area contributed by atoms with Crippen LogP contribution in [0.25, 0.3) is 22.0 Å². The number of halogens is 4. The number of amides is 1. The number of H-pyrrole nitrogens is 1. The van der Waals surface area contributed by atoms with Crippen molar-refractivity contribution in [2.45, 2.75) is 18.9 Å². The van der Waals surface area contributed by atoms with Gasteiger partial charge >= 0.3 is 0 Å². The molecule has 9 heteroatoms. The third-order valence-corrected chi connectivity index (χ3v) is 4.45. The molecule has 0 fully saturated rings. The van der Waals surface area contributed by atoms with E-state index in [1.54, 1.807) is 24.3 Å². The summed E-state index contributed by atoms with van der Waals surface area (Å²) in [6, 6.07) is 10.1. The number of nitrogens with one attached hydrogen (secondary N) is 2. The lowest BCUT2D eigenvalue weighted by molar-refractivity contribution is 0.0947. The van der Waals surface area contributed by atoms with Gasteiger partial charge in [0.25, 0.3) is 5.91 Å². The number of para-hydroxylation sites is 1. The number of hydrogen-bond donors (Lipinski definition) is 4. The topological polar surface area (TPSA) is 96.9 Å². The van der Waals surface area contributed by atoms with Crippen LogP contribution < -0.4 is 16.8 Å². The second-order valence-electron chi connectivity index (χ2n) is 6.45. The van der Waals surface area contributed by atoms with Crippen LogP contribution in [0.3, 0.4) is 0 Å². The zero-order chi connectivity index (χ0) is 19.4. The quantitative estimate of drug-likeness (QED) is 0.446. The summed E-state index contributed by atoms with van der Waals surface area (Å²) in [7, 11) is 0. The van der Waals surface area contributed by atoms with E-state index in [-0.39, 0.29) is 54.4 Å². The zero-order valence-electron chi connectivity index (χ0n) is 15.6. The molecular weight excluding hydrogens is 421 g/mol. The Hall–Kier alpha value is -2.19. The predicted molar refractivity (Wildman–Crippen MR) is 117 cm³/mol. The molecule has 0 spiro atoms. The largest absolute Gasteiger partial charge is 0.349 e. The molecule has 1 atom stereocenters. The molecule has 1 heterocycles. The van der Waals surface area contributed by atoms with Crippen LogP contribution in [0.1, 0.15) is 23.3 Å². The van der Waals surface area contributed by atoms with E-state index in [0.717, 1.165) is 6.42 Å². The first-order valence-corrected chi connectivity index (χ1v) is 8.81. The highest BCUT2D eigenvalue weighted by atomic mass is 35.5. The SMILES string of the molecule is Cl.Cl.NCCCC(N)CNC(=O)c1[nH]c2c(F)cccc2c1-c1ccc(F)cc1. The predicted octanol–water partition coefficient (Wildman–Crippen LogP) is 3.75. The summed E-state index contributed by atoms with van der Waals surface area (Å²) in [4.78, 5) is 15.6. The van der Waals surface area contributed by atoms with Crippen LogP contribution >= 0.6 is 24.8 Å². The Morgan fingerprint density at radius 2 is 1.79 bits per heavy atom. The summed E-state index contributed by atoms with van der Waals surface area (Å²) in [6.45, 7) is 0.817. The smallest absolute Gasteiger partial charge is 0.268 e. The molecule has 0 aliphatic rings. The van der Waals surface area contributed by atoms with Gasteiger partial charge in [-0.3, -0.25) is 4.79 Å². The zero-order valence-corrected chi connectivity index (χ0v) is 17.2. The van der Waals surface area contributed by atoms with E-state index in [1.807, 2.05) is 0 Å². The van der Waals surface area contributed by atoms with Gasteiger partial charge in [-0.25, -0.2) is 8.78 Å². The van der Waals surface area contributed by atoms with Gasteiger partial charge in [0.05, 0.1) is 5.52 Å². The molecule has 29 heavy (non-hydrogen) atoms. The maximum atomic E-state index is 14.2. The first kappa shape index (κ1) is 24.8. The first-order valence-electron chi connectivity index (χ1n) is 8.81. The molecule has 2 aromatic carbocycles. The van der Waals surface area contributed by atoms with Crippen LogP contribution in [-0.2, 0) is 0 Å². The number of hydrogen-bond acceptors (Lipinski definition) is 3. The van der Waals surface area contributed by atoms with Gasteiger partial charge in [0.15, 0.2) is 0 Å². The van der Waals surface area contributed by atoms with Crippen molar-refractivity contribution in [3.63, 3.8) is 0 Å². The minimum absolute atomic E-state index is 0. The van der Waals surface area contributed by atoms with Gasteiger partial charge in [-0.05, 0) is 43.1 Å². The van der Waals surface area contributed by atoms with E-state index in [1.165, 1.54) is 18.2 Å². The van der Waals surface area contributed by atoms with E-state index < -0.39 is 11.7 Å². The lowest BCUT2D eigenvalue weighted by Gasteiger charge is -2.12. The lowest BCUT2D eigenvalue weighted by Crippen LogP contribution is -2.37. The second-order valence-corrected chi connectivity index (χ2v) is 6.45. The third kappa shape index (κ3) is 5.67. The van der Waals surface area contributed by atoms with Crippen molar-refractivity contribution in [3.05, 3.63) is 59.8 Å². The Bertz CT molecular complexity index is 948. The average Bonchev–Trinajstić information content (AvgIpc) is 3.06. The average molecular weight is 445 g/mol. The molecule has 0 radical (unpaired) electrons. The molecule has 1 amide bonds. The van der Waals surface area contributed by atoms with Gasteiger partial charge in [-0.2, -0.15) is 0 Å². The minimum Gasteiger partial charge on any atom is -0.349 e. The summed E-state index contributed by atoms with van der Waals surface area (Å²) in [5.74, 6) is -1.25. The number of rotatable bonds is 7. The van der Waals surface area contributed by atoms with Crippen molar-refractivity contribution in [1.29, 1.82) is 0 Å². The lowest BCUT2D eigenvalue weighted by atomic mass is 10.0. The van der Waals surface area contributed by atoms with Crippen LogP contribution in [0.4, 0.5) is 8.78 Å². The number of benzene rings is 2. The number of fused-ring (bicyclic) bond motifs is 1. The minimum atomic E-state index is -0.463. The van der Waals surface area contributed by atoms with Crippen LogP contribution in [0, 0.1) is 11.6 Å². The molecule has 0 aliphatic heterocycles. The normalized spacial score (nSPS) is 11.4. The van der Waals surface area contributed by atoms with Gasteiger partial charge in [0.2, 0.25) is 0 Å². The molecule has 0 bridgehead atoms. The van der Waals surface area contributed by atoms with Crippen LogP contribution in [0.15, 0.2) is 42.5 Å². The number of aromatic nitrogens is 1. The van der Waals surface area contributed by atoms with Crippen LogP contribution in [0.2, 0.25) is 0 Å². The molecule has 0 saturated heterocycles. The molecule has 6 N–H and O–H groups in total. The molecule has 3 aromatic rings. The van der Waals surface area contributed by atoms with E-state index in [0.29, 0.717) is 29.5 Å². The monoisotopic (exact) mass is 444 g/mol. The van der Waals surface area contributed by atoms with Crippen molar-refractivity contribution < 1.29 is 13.6 Å². The fourth-order valence-electron chi connectivity index (χ4n) is 3.06. The Morgan fingerprint density at radius 1 is 1.10 bits per heavy atom. The number of nitrogens with two attached hydrogens (primary N) is 2. The van der Waals surface area contributed by atoms with E-state index >= 15 is 0 Å². The molecule has 1 aromatic heterocycles. The van der Waals surface area contributed by atoms with E-state index in [9.17, 15) is 13.6 Å². The second kappa shape index (κ2) is 11.1. The maximum Gasteiger partial charge on any atom is 0.268 e. The van der Waals surface area contributed by atoms with Gasteiger partial charge in [0.1, 0.15) is 17.3 Å². The van der Waals surface area contributed by atoms with Crippen molar-refractivity contribution >= 4 is 41.6 Å². The van der Waals surface area contributed by atoms with Crippen molar-refractivity contribution in [2.24, 2.45) is 11.5 Å². The number of aromatic amines is 1. The van der Waals surface area contributed by atoms with E-state index in [4.69, 9.17) is 11.5 Å². The number of carbonyl (C=O) groups is 1. The highest BCUT2D eigenvalue weighted by Crippen LogP contribution is 2.33. The molecular formula is C20H24Cl2F2N4O. The summed E-state index contributed by atoms with van der Waals surface area (Å²) in [6.07, 6.45) is 1.47. The first-order chi connectivity index (χ1) is 13.0. The summed E-state index contributed by atoms with van der Waals surface area (Å²) in [5.41, 5.74) is 13.0. The Morgan fingerprint density at radius 3 is 2.45 bits per heavy atom. The highest BCUT2D eigenvalue weighted by Gasteiger charge is 2.21. The summed E-state index contributed by atoms with van der Waals surface area (Å²) < 4.78 is 27.5. The summed E-state index contributed by atoms with van der Waals surface area (Å²) >= 11 is 0. The number of carbonyl (C=O) groups excluding carboxylic acids is 1. The van der Waals surface area contributed by atoms with Crippen LogP contribution in [0.5, 0.6) is 0 Å². The van der Waals surface area contributed by atoms with Crippen molar-refractivity contribution in [2.75, 3.05) is 13.1 Å². The van der Waals surface area contributed by atoms with Crippen molar-refractivity contribution in [1.82, 2.24) is 10.3 Å².